The second kappa shape index (κ2) is 10.2. The van der Waals surface area contributed by atoms with Crippen molar-refractivity contribution >= 4 is 81.2 Å². The van der Waals surface area contributed by atoms with Gasteiger partial charge in [-0.1, -0.05) is 119 Å². The van der Waals surface area contributed by atoms with Crippen LogP contribution in [0.5, 0.6) is 0 Å². The van der Waals surface area contributed by atoms with E-state index in [1.807, 2.05) is 6.07 Å². The summed E-state index contributed by atoms with van der Waals surface area (Å²) in [4.78, 5) is 10.5. The summed E-state index contributed by atoms with van der Waals surface area (Å²) >= 11 is 3.80. The molecule has 0 N–H and O–H groups in total. The van der Waals surface area contributed by atoms with Crippen molar-refractivity contribution in [2.45, 2.75) is 12.5 Å². The van der Waals surface area contributed by atoms with E-state index in [1.165, 1.54) is 43.4 Å². The fourth-order valence-electron chi connectivity index (χ4n) is 7.70. The van der Waals surface area contributed by atoms with Crippen LogP contribution >= 0.6 is 15.9 Å². The quantitative estimate of drug-likeness (QED) is 0.188. The summed E-state index contributed by atoms with van der Waals surface area (Å²) in [5.74, 6) is 0.671. The van der Waals surface area contributed by atoms with Gasteiger partial charge in [0.05, 0.1) is 33.8 Å². The Labute approximate surface area is 279 Å². The molecule has 0 amide bonds. The Morgan fingerprint density at radius 1 is 0.596 bits per heavy atom. The molecule has 1 aliphatic carbocycles. The summed E-state index contributed by atoms with van der Waals surface area (Å²) in [6.07, 6.45) is 9.87. The second-order valence-corrected chi connectivity index (χ2v) is 13.2. The molecule has 222 valence electrons. The van der Waals surface area contributed by atoms with Crippen LogP contribution in [0.4, 0.5) is 0 Å². The molecular formula is C42H27BrN4. The topological polar surface area (TPSA) is 35.6 Å². The highest BCUT2D eigenvalue weighted by molar-refractivity contribution is 9.10. The summed E-state index contributed by atoms with van der Waals surface area (Å²) in [5.41, 5.74) is 7.60. The Morgan fingerprint density at radius 2 is 1.34 bits per heavy atom. The Hall–Kier alpha value is -5.52. The van der Waals surface area contributed by atoms with Crippen LogP contribution in [0, 0.1) is 0 Å². The van der Waals surface area contributed by atoms with Crippen LogP contribution in [0.15, 0.2) is 150 Å². The van der Waals surface area contributed by atoms with Gasteiger partial charge in [0.2, 0.25) is 5.95 Å². The Kier molecular flexibility index (Phi) is 5.81. The van der Waals surface area contributed by atoms with E-state index >= 15 is 0 Å². The van der Waals surface area contributed by atoms with Gasteiger partial charge in [-0.3, -0.25) is 4.57 Å². The third kappa shape index (κ3) is 3.93. The monoisotopic (exact) mass is 666 g/mol. The van der Waals surface area contributed by atoms with Crippen LogP contribution < -0.4 is 0 Å². The van der Waals surface area contributed by atoms with Crippen molar-refractivity contribution in [2.75, 3.05) is 0 Å². The van der Waals surface area contributed by atoms with Gasteiger partial charge >= 0.3 is 0 Å². The van der Waals surface area contributed by atoms with Crippen molar-refractivity contribution in [1.82, 2.24) is 19.1 Å². The average molecular weight is 668 g/mol. The molecule has 6 aromatic carbocycles. The lowest BCUT2D eigenvalue weighted by Gasteiger charge is -2.18. The van der Waals surface area contributed by atoms with Gasteiger partial charge in [0.25, 0.3) is 0 Å². The molecule has 0 bridgehead atoms. The average Bonchev–Trinajstić information content (AvgIpc) is 3.64. The molecule has 0 saturated heterocycles. The first kappa shape index (κ1) is 26.7. The van der Waals surface area contributed by atoms with Crippen molar-refractivity contribution in [3.8, 4) is 17.2 Å². The lowest BCUT2D eigenvalue weighted by atomic mass is 9.98. The van der Waals surface area contributed by atoms with Gasteiger partial charge in [-0.15, -0.1) is 0 Å². The molecule has 1 atom stereocenters. The number of rotatable bonds is 3. The van der Waals surface area contributed by atoms with E-state index in [9.17, 15) is 0 Å². The Bertz CT molecular complexity index is 2780. The highest BCUT2D eigenvalue weighted by Gasteiger charge is 2.23. The summed E-state index contributed by atoms with van der Waals surface area (Å²) in [6.45, 7) is 0. The van der Waals surface area contributed by atoms with E-state index < -0.39 is 0 Å². The van der Waals surface area contributed by atoms with Crippen LogP contribution in [-0.2, 0) is 0 Å². The standard InChI is InChI=1S/C42H27BrN4/c43-28-21-24-35-32(25-28)40-36(46(35)29-13-5-2-6-14-29)22-19-26-20-23-37-39(38(26)40)31-16-8-10-18-34(31)47(37)42-44-33-17-9-7-15-30(33)41(45-42)27-11-3-1-4-12-27/h1-13,15-25,29H,14H2. The van der Waals surface area contributed by atoms with Crippen LogP contribution in [0.3, 0.4) is 0 Å². The molecule has 4 nitrogen and oxygen atoms in total. The lowest BCUT2D eigenvalue weighted by molar-refractivity contribution is 0.648. The fourth-order valence-corrected chi connectivity index (χ4v) is 8.06. The number of para-hydroxylation sites is 2. The predicted octanol–water partition coefficient (Wildman–Crippen LogP) is 11.5. The van der Waals surface area contributed by atoms with E-state index in [-0.39, 0.29) is 6.04 Å². The summed E-state index contributed by atoms with van der Waals surface area (Å²) in [6, 6.07) is 43.5. The van der Waals surface area contributed by atoms with Gasteiger partial charge in [0.15, 0.2) is 0 Å². The Balaban J connectivity index is 1.37. The van der Waals surface area contributed by atoms with Crippen molar-refractivity contribution in [2.24, 2.45) is 0 Å². The molecular weight excluding hydrogens is 640 g/mol. The van der Waals surface area contributed by atoms with Gasteiger partial charge in [-0.05, 0) is 54.3 Å². The number of halogens is 1. The number of allylic oxidation sites excluding steroid dienone is 4. The van der Waals surface area contributed by atoms with Crippen molar-refractivity contribution in [3.05, 3.63) is 150 Å². The number of aromatic nitrogens is 4. The first-order valence-electron chi connectivity index (χ1n) is 16.0. The molecule has 3 heterocycles. The van der Waals surface area contributed by atoms with E-state index in [2.05, 4.69) is 165 Å². The number of fused-ring (bicyclic) bond motifs is 10. The number of hydrogen-bond donors (Lipinski definition) is 0. The molecule has 1 aliphatic rings. The van der Waals surface area contributed by atoms with E-state index in [4.69, 9.17) is 9.97 Å². The van der Waals surface area contributed by atoms with Crippen LogP contribution in [-0.4, -0.2) is 19.1 Å². The molecule has 3 aromatic heterocycles. The number of benzene rings is 6. The molecule has 1 unspecified atom stereocenters. The zero-order valence-electron chi connectivity index (χ0n) is 25.3. The van der Waals surface area contributed by atoms with Crippen LogP contribution in [0.2, 0.25) is 0 Å². The smallest absolute Gasteiger partial charge is 0.235 e. The van der Waals surface area contributed by atoms with Gasteiger partial charge in [-0.25, -0.2) is 9.97 Å². The second-order valence-electron chi connectivity index (χ2n) is 12.3. The van der Waals surface area contributed by atoms with Crippen molar-refractivity contribution in [1.29, 1.82) is 0 Å². The van der Waals surface area contributed by atoms with Gasteiger partial charge in [-0.2, -0.15) is 0 Å². The maximum atomic E-state index is 5.31. The molecule has 5 heteroatoms. The predicted molar refractivity (Wildman–Crippen MR) is 199 cm³/mol. The van der Waals surface area contributed by atoms with E-state index in [0.29, 0.717) is 5.95 Å². The molecule has 9 aromatic rings. The molecule has 10 rings (SSSR count). The summed E-state index contributed by atoms with van der Waals surface area (Å²) in [7, 11) is 0. The highest BCUT2D eigenvalue weighted by atomic mass is 79.9. The van der Waals surface area contributed by atoms with Gasteiger partial charge < -0.3 is 4.57 Å². The van der Waals surface area contributed by atoms with Crippen LogP contribution in [0.1, 0.15) is 12.5 Å². The zero-order valence-corrected chi connectivity index (χ0v) is 26.9. The number of nitrogens with zero attached hydrogens (tertiary/aromatic N) is 4. The van der Waals surface area contributed by atoms with E-state index in [0.717, 1.165) is 44.1 Å². The molecule has 0 spiro atoms. The maximum absolute atomic E-state index is 5.31. The number of hydrogen-bond acceptors (Lipinski definition) is 2. The first-order chi connectivity index (χ1) is 23.2. The summed E-state index contributed by atoms with van der Waals surface area (Å²) in [5, 5.41) is 8.46. The maximum Gasteiger partial charge on any atom is 0.235 e. The van der Waals surface area contributed by atoms with Crippen LogP contribution in [0.25, 0.3) is 82.5 Å². The fraction of sp³-hybridized carbons (Fsp3) is 0.0476. The molecule has 0 radical (unpaired) electrons. The van der Waals surface area contributed by atoms with Gasteiger partial charge in [0.1, 0.15) is 0 Å². The molecule has 0 aliphatic heterocycles. The minimum absolute atomic E-state index is 0.251. The lowest BCUT2D eigenvalue weighted by Crippen LogP contribution is -2.06. The zero-order chi connectivity index (χ0) is 31.1. The summed E-state index contributed by atoms with van der Waals surface area (Å²) < 4.78 is 5.85. The molecule has 0 fully saturated rings. The minimum Gasteiger partial charge on any atom is -0.333 e. The minimum atomic E-state index is 0.251. The largest absolute Gasteiger partial charge is 0.333 e. The van der Waals surface area contributed by atoms with Crippen molar-refractivity contribution < 1.29 is 0 Å². The third-order valence-electron chi connectivity index (χ3n) is 9.67. The third-order valence-corrected chi connectivity index (χ3v) is 10.2. The highest BCUT2D eigenvalue weighted by Crippen LogP contribution is 2.44. The SMILES string of the molecule is Brc1ccc2c(c1)c1c3c(ccc4c3c3ccccc3n4-c3nc(-c4ccccc4)c4ccccc4n3)ccc1n2C1C=CC=CC1. The molecule has 47 heavy (non-hydrogen) atoms. The van der Waals surface area contributed by atoms with Gasteiger partial charge in [0, 0.05) is 47.9 Å². The Morgan fingerprint density at radius 3 is 2.19 bits per heavy atom. The van der Waals surface area contributed by atoms with Crippen molar-refractivity contribution in [3.63, 3.8) is 0 Å². The molecule has 0 saturated carbocycles. The van der Waals surface area contributed by atoms with E-state index in [1.54, 1.807) is 0 Å². The first-order valence-corrected chi connectivity index (χ1v) is 16.8. The normalized spacial score (nSPS) is 14.9.